The average molecular weight is 335 g/mol. The molecule has 8 heteroatoms. The Hall–Kier alpha value is -2.48. The molecule has 0 saturated carbocycles. The highest BCUT2D eigenvalue weighted by molar-refractivity contribution is 7.99. The van der Waals surface area contributed by atoms with Gasteiger partial charge in [0.1, 0.15) is 0 Å². The van der Waals surface area contributed by atoms with Gasteiger partial charge in [0.15, 0.2) is 16.7 Å². The van der Waals surface area contributed by atoms with Gasteiger partial charge in [0.25, 0.3) is 5.56 Å². The molecule has 1 amide bonds. The van der Waals surface area contributed by atoms with Gasteiger partial charge in [-0.15, -0.1) is 0 Å². The monoisotopic (exact) mass is 335 g/mol. The number of nitrogens with zero attached hydrogens (tertiary/aromatic N) is 1. The first-order valence-electron chi connectivity index (χ1n) is 6.78. The summed E-state index contributed by atoms with van der Waals surface area (Å²) in [7, 11) is 3.13. The lowest BCUT2D eigenvalue weighted by molar-refractivity contribution is -0.118. The maximum Gasteiger partial charge on any atom is 0.251 e. The van der Waals surface area contributed by atoms with Gasteiger partial charge in [-0.2, -0.15) is 0 Å². The zero-order chi connectivity index (χ0) is 16.7. The number of aromatic nitrogens is 2. The first-order valence-corrected chi connectivity index (χ1v) is 7.76. The number of nitrogens with one attached hydrogen (secondary N) is 2. The molecule has 2 aromatic rings. The molecular weight excluding hydrogens is 318 g/mol. The summed E-state index contributed by atoms with van der Waals surface area (Å²) in [5.74, 6) is 1.26. The SMILES string of the molecule is COc1ccc(CNC(=O)CSc2nccc(=O)[nH]2)cc1OC. The predicted molar refractivity (Wildman–Crippen MR) is 87.0 cm³/mol. The lowest BCUT2D eigenvalue weighted by Gasteiger charge is -2.10. The van der Waals surface area contributed by atoms with Crippen molar-refractivity contribution in [2.45, 2.75) is 11.7 Å². The van der Waals surface area contributed by atoms with E-state index in [4.69, 9.17) is 9.47 Å². The van der Waals surface area contributed by atoms with Gasteiger partial charge in [0.2, 0.25) is 5.91 Å². The standard InChI is InChI=1S/C15H17N3O4S/c1-21-11-4-3-10(7-12(11)22-2)8-17-14(20)9-23-15-16-6-5-13(19)18-15/h3-7H,8-9H2,1-2H3,(H,17,20)(H,16,18,19). The van der Waals surface area contributed by atoms with Crippen LogP contribution in [0.15, 0.2) is 40.4 Å². The van der Waals surface area contributed by atoms with Crippen LogP contribution in [0.3, 0.4) is 0 Å². The summed E-state index contributed by atoms with van der Waals surface area (Å²) < 4.78 is 10.4. The molecule has 0 aliphatic rings. The quantitative estimate of drug-likeness (QED) is 0.583. The smallest absolute Gasteiger partial charge is 0.251 e. The maximum atomic E-state index is 11.8. The molecule has 0 fully saturated rings. The number of ether oxygens (including phenoxy) is 2. The third-order valence-electron chi connectivity index (χ3n) is 2.93. The number of hydrogen-bond donors (Lipinski definition) is 2. The van der Waals surface area contributed by atoms with Gasteiger partial charge in [-0.05, 0) is 17.7 Å². The first kappa shape index (κ1) is 16.9. The number of benzene rings is 1. The van der Waals surface area contributed by atoms with E-state index in [0.717, 1.165) is 5.56 Å². The Morgan fingerprint density at radius 2 is 2.04 bits per heavy atom. The van der Waals surface area contributed by atoms with Crippen LogP contribution in [0.1, 0.15) is 5.56 Å². The van der Waals surface area contributed by atoms with E-state index in [-0.39, 0.29) is 17.2 Å². The van der Waals surface area contributed by atoms with Crippen LogP contribution in [0.2, 0.25) is 0 Å². The molecule has 23 heavy (non-hydrogen) atoms. The highest BCUT2D eigenvalue weighted by Gasteiger charge is 2.07. The van der Waals surface area contributed by atoms with Crippen LogP contribution >= 0.6 is 11.8 Å². The number of methoxy groups -OCH3 is 2. The van der Waals surface area contributed by atoms with Gasteiger partial charge >= 0.3 is 0 Å². The summed E-state index contributed by atoms with van der Waals surface area (Å²) in [6, 6.07) is 6.77. The Bertz CT molecular complexity index is 733. The molecule has 0 unspecified atom stereocenters. The molecule has 0 bridgehead atoms. The first-order chi connectivity index (χ1) is 11.1. The minimum absolute atomic E-state index is 0.156. The van der Waals surface area contributed by atoms with E-state index in [0.29, 0.717) is 23.2 Å². The Morgan fingerprint density at radius 3 is 2.74 bits per heavy atom. The number of hydrogen-bond acceptors (Lipinski definition) is 6. The highest BCUT2D eigenvalue weighted by Crippen LogP contribution is 2.27. The molecule has 7 nitrogen and oxygen atoms in total. The Labute approximate surface area is 137 Å². The van der Waals surface area contributed by atoms with Crippen molar-refractivity contribution >= 4 is 17.7 Å². The Kier molecular flexibility index (Phi) is 6.04. The highest BCUT2D eigenvalue weighted by atomic mass is 32.2. The van der Waals surface area contributed by atoms with E-state index in [1.807, 2.05) is 12.1 Å². The van der Waals surface area contributed by atoms with Crippen molar-refractivity contribution < 1.29 is 14.3 Å². The molecule has 0 saturated heterocycles. The van der Waals surface area contributed by atoms with E-state index in [9.17, 15) is 9.59 Å². The lowest BCUT2D eigenvalue weighted by Crippen LogP contribution is -2.24. The van der Waals surface area contributed by atoms with Crippen molar-refractivity contribution in [3.63, 3.8) is 0 Å². The van der Waals surface area contributed by atoms with E-state index in [1.165, 1.54) is 24.0 Å². The van der Waals surface area contributed by atoms with Crippen LogP contribution in [0.5, 0.6) is 11.5 Å². The van der Waals surface area contributed by atoms with Crippen LogP contribution in [-0.4, -0.2) is 35.8 Å². The van der Waals surface area contributed by atoms with Crippen molar-refractivity contribution in [1.29, 1.82) is 0 Å². The van der Waals surface area contributed by atoms with Crippen LogP contribution in [-0.2, 0) is 11.3 Å². The van der Waals surface area contributed by atoms with Gasteiger partial charge in [-0.1, -0.05) is 17.8 Å². The third-order valence-corrected chi connectivity index (χ3v) is 3.81. The number of thioether (sulfide) groups is 1. The third kappa shape index (κ3) is 5.03. The van der Waals surface area contributed by atoms with Crippen LogP contribution in [0.25, 0.3) is 0 Å². The average Bonchev–Trinajstić information content (AvgIpc) is 2.57. The molecule has 1 aromatic carbocycles. The molecule has 2 N–H and O–H groups in total. The lowest BCUT2D eigenvalue weighted by atomic mass is 10.2. The minimum Gasteiger partial charge on any atom is -0.493 e. The molecule has 2 rings (SSSR count). The van der Waals surface area contributed by atoms with Gasteiger partial charge in [-0.25, -0.2) is 4.98 Å². The summed E-state index contributed by atoms with van der Waals surface area (Å²) >= 11 is 1.17. The molecule has 1 aromatic heterocycles. The molecule has 0 spiro atoms. The fraction of sp³-hybridized carbons (Fsp3) is 0.267. The predicted octanol–water partition coefficient (Wildman–Crippen LogP) is 1.20. The summed E-state index contributed by atoms with van der Waals surface area (Å²) in [6.45, 7) is 0.373. The van der Waals surface area contributed by atoms with Crippen molar-refractivity contribution in [3.05, 3.63) is 46.4 Å². The van der Waals surface area contributed by atoms with Gasteiger partial charge < -0.3 is 19.8 Å². The van der Waals surface area contributed by atoms with Crippen molar-refractivity contribution in [1.82, 2.24) is 15.3 Å². The van der Waals surface area contributed by atoms with E-state index >= 15 is 0 Å². The minimum atomic E-state index is -0.242. The number of amides is 1. The van der Waals surface area contributed by atoms with Gasteiger partial charge in [0.05, 0.1) is 20.0 Å². The fourth-order valence-corrected chi connectivity index (χ4v) is 2.48. The normalized spacial score (nSPS) is 10.2. The maximum absolute atomic E-state index is 11.8. The van der Waals surface area contributed by atoms with E-state index in [1.54, 1.807) is 20.3 Å². The second kappa shape index (κ2) is 8.23. The summed E-state index contributed by atoms with van der Waals surface area (Å²) in [4.78, 5) is 29.5. The number of aromatic amines is 1. The second-order valence-electron chi connectivity index (χ2n) is 4.49. The summed E-state index contributed by atoms with van der Waals surface area (Å²) in [5.41, 5.74) is 0.653. The summed E-state index contributed by atoms with van der Waals surface area (Å²) in [5, 5.41) is 3.21. The largest absolute Gasteiger partial charge is 0.493 e. The zero-order valence-electron chi connectivity index (χ0n) is 12.8. The summed E-state index contributed by atoms with van der Waals surface area (Å²) in [6.07, 6.45) is 1.41. The van der Waals surface area contributed by atoms with Crippen molar-refractivity contribution in [2.75, 3.05) is 20.0 Å². The number of rotatable bonds is 7. The van der Waals surface area contributed by atoms with Crippen molar-refractivity contribution in [2.24, 2.45) is 0 Å². The number of carbonyl (C=O) groups excluding carboxylic acids is 1. The molecular formula is C15H17N3O4S. The van der Waals surface area contributed by atoms with Crippen LogP contribution in [0, 0.1) is 0 Å². The second-order valence-corrected chi connectivity index (χ2v) is 5.46. The van der Waals surface area contributed by atoms with E-state index < -0.39 is 0 Å². The van der Waals surface area contributed by atoms with Crippen molar-refractivity contribution in [3.8, 4) is 11.5 Å². The van der Waals surface area contributed by atoms with Crippen LogP contribution in [0.4, 0.5) is 0 Å². The molecule has 122 valence electrons. The molecule has 0 aliphatic heterocycles. The molecule has 1 heterocycles. The fourth-order valence-electron chi connectivity index (χ4n) is 1.80. The molecule has 0 aliphatic carbocycles. The van der Waals surface area contributed by atoms with Crippen LogP contribution < -0.4 is 20.3 Å². The zero-order valence-corrected chi connectivity index (χ0v) is 13.6. The molecule has 0 atom stereocenters. The Morgan fingerprint density at radius 1 is 1.26 bits per heavy atom. The number of H-pyrrole nitrogens is 1. The Balaban J connectivity index is 1.85. The van der Waals surface area contributed by atoms with E-state index in [2.05, 4.69) is 15.3 Å². The molecule has 0 radical (unpaired) electrons. The van der Waals surface area contributed by atoms with Gasteiger partial charge in [0, 0.05) is 18.8 Å². The van der Waals surface area contributed by atoms with Gasteiger partial charge in [-0.3, -0.25) is 9.59 Å². The topological polar surface area (TPSA) is 93.3 Å². The number of carbonyl (C=O) groups is 1.